The van der Waals surface area contributed by atoms with Gasteiger partial charge in [-0.3, -0.25) is 4.68 Å². The van der Waals surface area contributed by atoms with Crippen LogP contribution in [-0.4, -0.2) is 9.78 Å². The van der Waals surface area contributed by atoms with Crippen LogP contribution < -0.4 is 0 Å². The maximum Gasteiger partial charge on any atom is 0.123 e. The van der Waals surface area contributed by atoms with Crippen molar-refractivity contribution in [2.75, 3.05) is 0 Å². The van der Waals surface area contributed by atoms with Gasteiger partial charge in [-0.1, -0.05) is 18.5 Å². The molecule has 0 fully saturated rings. The van der Waals surface area contributed by atoms with Crippen molar-refractivity contribution in [3.63, 3.8) is 0 Å². The predicted molar refractivity (Wildman–Crippen MR) is 66.8 cm³/mol. The number of rotatable bonds is 3. The van der Waals surface area contributed by atoms with Gasteiger partial charge in [0.15, 0.2) is 0 Å². The Hall–Kier alpha value is -1.35. The zero-order valence-electron chi connectivity index (χ0n) is 9.82. The molecule has 1 aromatic carbocycles. The minimum atomic E-state index is -0.258. The summed E-state index contributed by atoms with van der Waals surface area (Å²) in [6, 6.07) is 4.48. The third-order valence-corrected chi connectivity index (χ3v) is 3.21. The van der Waals surface area contributed by atoms with Gasteiger partial charge in [-0.2, -0.15) is 5.10 Å². The third kappa shape index (κ3) is 2.50. The lowest BCUT2D eigenvalue weighted by Crippen LogP contribution is -2.00. The molecule has 90 valence electrons. The normalized spacial score (nSPS) is 12.7. The lowest BCUT2D eigenvalue weighted by atomic mass is 9.91. The second kappa shape index (κ2) is 4.88. The number of hydrogen-bond donors (Lipinski definition) is 0. The summed E-state index contributed by atoms with van der Waals surface area (Å²) in [6.07, 6.45) is 4.60. The summed E-state index contributed by atoms with van der Waals surface area (Å²) < 4.78 is 15.0. The predicted octanol–water partition coefficient (Wildman–Crippen LogP) is 3.75. The molecular weight excluding hydrogens is 239 g/mol. The fraction of sp³-hybridized carbons (Fsp3) is 0.308. The van der Waals surface area contributed by atoms with Gasteiger partial charge in [0, 0.05) is 24.2 Å². The Balaban J connectivity index is 2.45. The Bertz CT molecular complexity index is 522. The monoisotopic (exact) mass is 252 g/mol. The SMILES string of the molecule is CC[C@@H](c1cnn(C)c1)c1cc(F)ccc1Cl. The first-order chi connectivity index (χ1) is 8.11. The van der Waals surface area contributed by atoms with Gasteiger partial charge < -0.3 is 0 Å². The minimum absolute atomic E-state index is 0.0897. The zero-order chi connectivity index (χ0) is 12.4. The summed E-state index contributed by atoms with van der Waals surface area (Å²) in [6.45, 7) is 2.05. The van der Waals surface area contributed by atoms with Crippen LogP contribution in [0.15, 0.2) is 30.6 Å². The third-order valence-electron chi connectivity index (χ3n) is 2.87. The topological polar surface area (TPSA) is 17.8 Å². The molecule has 0 saturated carbocycles. The first-order valence-corrected chi connectivity index (χ1v) is 5.93. The van der Waals surface area contributed by atoms with Crippen LogP contribution in [0.5, 0.6) is 0 Å². The molecule has 0 aliphatic rings. The highest BCUT2D eigenvalue weighted by Gasteiger charge is 2.17. The lowest BCUT2D eigenvalue weighted by molar-refractivity contribution is 0.622. The first kappa shape index (κ1) is 12.1. The number of aryl methyl sites for hydroxylation is 1. The summed E-state index contributed by atoms with van der Waals surface area (Å²) in [5.41, 5.74) is 1.88. The van der Waals surface area contributed by atoms with Crippen molar-refractivity contribution in [2.45, 2.75) is 19.3 Å². The molecule has 2 nitrogen and oxygen atoms in total. The van der Waals surface area contributed by atoms with E-state index in [1.54, 1.807) is 16.9 Å². The van der Waals surface area contributed by atoms with Gasteiger partial charge in [0.1, 0.15) is 5.82 Å². The second-order valence-corrected chi connectivity index (χ2v) is 4.48. The van der Waals surface area contributed by atoms with Crippen LogP contribution in [0.3, 0.4) is 0 Å². The van der Waals surface area contributed by atoms with E-state index in [2.05, 4.69) is 12.0 Å². The summed E-state index contributed by atoms with van der Waals surface area (Å²) >= 11 is 6.13. The highest BCUT2D eigenvalue weighted by Crippen LogP contribution is 2.32. The zero-order valence-corrected chi connectivity index (χ0v) is 10.6. The molecule has 0 radical (unpaired) electrons. The average molecular weight is 253 g/mol. The molecule has 0 amide bonds. The number of benzene rings is 1. The van der Waals surface area contributed by atoms with E-state index in [4.69, 9.17) is 11.6 Å². The molecule has 1 heterocycles. The second-order valence-electron chi connectivity index (χ2n) is 4.07. The summed E-state index contributed by atoms with van der Waals surface area (Å²) in [5.74, 6) is -0.168. The molecule has 0 bridgehead atoms. The average Bonchev–Trinajstić information content (AvgIpc) is 2.71. The highest BCUT2D eigenvalue weighted by molar-refractivity contribution is 6.31. The molecular formula is C13H14ClFN2. The molecule has 0 N–H and O–H groups in total. The Labute approximate surface area is 105 Å². The van der Waals surface area contributed by atoms with Gasteiger partial charge in [0.2, 0.25) is 0 Å². The van der Waals surface area contributed by atoms with Gasteiger partial charge >= 0.3 is 0 Å². The fourth-order valence-electron chi connectivity index (χ4n) is 2.04. The van der Waals surface area contributed by atoms with Crippen LogP contribution in [-0.2, 0) is 7.05 Å². The molecule has 17 heavy (non-hydrogen) atoms. The van der Waals surface area contributed by atoms with Crippen LogP contribution in [0.1, 0.15) is 30.4 Å². The standard InChI is InChI=1S/C13H14ClFN2/c1-3-11(9-7-16-17(2)8-9)12-6-10(15)4-5-13(12)14/h4-8,11H,3H2,1-2H3/t11-/m0/s1. The van der Waals surface area contributed by atoms with Crippen molar-refractivity contribution in [1.29, 1.82) is 0 Å². The van der Waals surface area contributed by atoms with Crippen LogP contribution in [0, 0.1) is 5.82 Å². The number of aromatic nitrogens is 2. The van der Waals surface area contributed by atoms with E-state index in [9.17, 15) is 4.39 Å². The van der Waals surface area contributed by atoms with Crippen molar-refractivity contribution in [3.05, 3.63) is 52.6 Å². The molecule has 1 atom stereocenters. The van der Waals surface area contributed by atoms with Gasteiger partial charge in [-0.25, -0.2) is 4.39 Å². The Morgan fingerprint density at radius 1 is 1.47 bits per heavy atom. The molecule has 1 aromatic heterocycles. The van der Waals surface area contributed by atoms with Crippen molar-refractivity contribution >= 4 is 11.6 Å². The van der Waals surface area contributed by atoms with E-state index in [1.807, 2.05) is 13.2 Å². The van der Waals surface area contributed by atoms with E-state index in [0.717, 1.165) is 17.5 Å². The van der Waals surface area contributed by atoms with E-state index in [1.165, 1.54) is 12.1 Å². The molecule has 0 aliphatic carbocycles. The Kier molecular flexibility index (Phi) is 3.48. The largest absolute Gasteiger partial charge is 0.276 e. The van der Waals surface area contributed by atoms with E-state index >= 15 is 0 Å². The molecule has 4 heteroatoms. The van der Waals surface area contributed by atoms with Gasteiger partial charge in [-0.15, -0.1) is 0 Å². The first-order valence-electron chi connectivity index (χ1n) is 5.55. The van der Waals surface area contributed by atoms with Crippen molar-refractivity contribution in [3.8, 4) is 0 Å². The highest BCUT2D eigenvalue weighted by atomic mass is 35.5. The van der Waals surface area contributed by atoms with Crippen molar-refractivity contribution < 1.29 is 4.39 Å². The smallest absolute Gasteiger partial charge is 0.123 e. The van der Waals surface area contributed by atoms with Crippen molar-refractivity contribution in [2.24, 2.45) is 7.05 Å². The Morgan fingerprint density at radius 2 is 2.24 bits per heavy atom. The molecule has 0 aliphatic heterocycles. The number of halogens is 2. The van der Waals surface area contributed by atoms with E-state index < -0.39 is 0 Å². The van der Waals surface area contributed by atoms with Gasteiger partial charge in [-0.05, 0) is 35.7 Å². The maximum atomic E-state index is 13.3. The van der Waals surface area contributed by atoms with Crippen LogP contribution in [0.25, 0.3) is 0 Å². The van der Waals surface area contributed by atoms with Gasteiger partial charge in [0.05, 0.1) is 6.20 Å². The lowest BCUT2D eigenvalue weighted by Gasteiger charge is -2.15. The van der Waals surface area contributed by atoms with E-state index in [0.29, 0.717) is 5.02 Å². The fourth-order valence-corrected chi connectivity index (χ4v) is 2.29. The van der Waals surface area contributed by atoms with Crippen LogP contribution in [0.4, 0.5) is 4.39 Å². The molecule has 2 aromatic rings. The summed E-state index contributed by atoms with van der Waals surface area (Å²) in [5, 5.41) is 4.74. The van der Waals surface area contributed by atoms with Gasteiger partial charge in [0.25, 0.3) is 0 Å². The van der Waals surface area contributed by atoms with E-state index in [-0.39, 0.29) is 11.7 Å². The summed E-state index contributed by atoms with van der Waals surface area (Å²) in [4.78, 5) is 0. The van der Waals surface area contributed by atoms with Crippen LogP contribution in [0.2, 0.25) is 5.02 Å². The molecule has 2 rings (SSSR count). The number of nitrogens with zero attached hydrogens (tertiary/aromatic N) is 2. The number of hydrogen-bond acceptors (Lipinski definition) is 1. The molecule has 0 spiro atoms. The minimum Gasteiger partial charge on any atom is -0.276 e. The molecule has 0 saturated heterocycles. The van der Waals surface area contributed by atoms with Crippen molar-refractivity contribution in [1.82, 2.24) is 9.78 Å². The molecule has 0 unspecified atom stereocenters. The van der Waals surface area contributed by atoms with Crippen LogP contribution >= 0.6 is 11.6 Å². The summed E-state index contributed by atoms with van der Waals surface area (Å²) in [7, 11) is 1.86. The quantitative estimate of drug-likeness (QED) is 0.813. The maximum absolute atomic E-state index is 13.3. The Morgan fingerprint density at radius 3 is 2.82 bits per heavy atom.